The van der Waals surface area contributed by atoms with Crippen molar-refractivity contribution in [3.63, 3.8) is 0 Å². The summed E-state index contributed by atoms with van der Waals surface area (Å²) >= 11 is 1.39. The molecule has 1 heterocycles. The number of aromatic nitrogens is 1. The summed E-state index contributed by atoms with van der Waals surface area (Å²) < 4.78 is 9.41. The van der Waals surface area contributed by atoms with E-state index in [2.05, 4.69) is 23.5 Å². The third kappa shape index (κ3) is 2.49. The molecule has 0 saturated heterocycles. The van der Waals surface area contributed by atoms with E-state index in [9.17, 15) is 0 Å². The molecule has 1 aliphatic carbocycles. The molecule has 96 valence electrons. The van der Waals surface area contributed by atoms with Gasteiger partial charge in [-0.25, -0.2) is 0 Å². The van der Waals surface area contributed by atoms with Crippen molar-refractivity contribution in [3.8, 4) is 5.75 Å². The van der Waals surface area contributed by atoms with E-state index in [4.69, 9.17) is 10.5 Å². The first-order valence-corrected chi connectivity index (χ1v) is 6.96. The van der Waals surface area contributed by atoms with E-state index >= 15 is 0 Å². The van der Waals surface area contributed by atoms with Crippen LogP contribution in [0.3, 0.4) is 0 Å². The number of anilines is 2. The summed E-state index contributed by atoms with van der Waals surface area (Å²) in [7, 11) is 1.64. The molecule has 1 fully saturated rings. The number of methoxy groups -OCH3 is 1. The van der Waals surface area contributed by atoms with Gasteiger partial charge < -0.3 is 15.8 Å². The molecule has 0 bridgehead atoms. The lowest BCUT2D eigenvalue weighted by atomic mass is 9.78. The normalized spacial score (nSPS) is 29.0. The van der Waals surface area contributed by atoms with Crippen LogP contribution >= 0.6 is 11.5 Å². The molecule has 5 heteroatoms. The molecule has 1 aromatic heterocycles. The quantitative estimate of drug-likeness (QED) is 0.871. The molecule has 3 atom stereocenters. The van der Waals surface area contributed by atoms with Gasteiger partial charge >= 0.3 is 0 Å². The van der Waals surface area contributed by atoms with Crippen LogP contribution in [0, 0.1) is 11.8 Å². The molecule has 0 amide bonds. The second-order valence-corrected chi connectivity index (χ2v) is 5.72. The van der Waals surface area contributed by atoms with Crippen LogP contribution in [-0.4, -0.2) is 17.5 Å². The number of nitrogens with two attached hydrogens (primary N) is 1. The number of nitrogen functional groups attached to an aromatic ring is 1. The lowest BCUT2D eigenvalue weighted by molar-refractivity contribution is 0.253. The average molecular weight is 255 g/mol. The number of nitrogens with one attached hydrogen (secondary N) is 1. The number of ether oxygens (including phenoxy) is 1. The van der Waals surface area contributed by atoms with Gasteiger partial charge in [0, 0.05) is 6.04 Å². The van der Waals surface area contributed by atoms with Crippen LogP contribution in [0.25, 0.3) is 0 Å². The summed E-state index contributed by atoms with van der Waals surface area (Å²) in [5.41, 5.74) is 5.75. The van der Waals surface area contributed by atoms with Crippen LogP contribution in [0.1, 0.15) is 33.1 Å². The van der Waals surface area contributed by atoms with E-state index in [0.717, 1.165) is 10.9 Å². The Bertz CT molecular complexity index is 380. The maximum Gasteiger partial charge on any atom is 0.197 e. The van der Waals surface area contributed by atoms with Crippen LogP contribution in [0.15, 0.2) is 0 Å². The first-order valence-electron chi connectivity index (χ1n) is 6.19. The molecule has 4 nitrogen and oxygen atoms in total. The Morgan fingerprint density at radius 3 is 2.88 bits per heavy atom. The van der Waals surface area contributed by atoms with Gasteiger partial charge in [-0.05, 0) is 29.8 Å². The second-order valence-electron chi connectivity index (χ2n) is 4.95. The number of hydrogen-bond donors (Lipinski definition) is 2. The average Bonchev–Trinajstić information content (AvgIpc) is 2.66. The highest BCUT2D eigenvalue weighted by molar-refractivity contribution is 7.11. The minimum absolute atomic E-state index is 0.483. The zero-order valence-corrected chi connectivity index (χ0v) is 11.5. The summed E-state index contributed by atoms with van der Waals surface area (Å²) in [5.74, 6) is 2.63. The standard InChI is InChI=1S/C12H21N3OS/c1-7-5-4-6-9(8(7)2)14-12-10(16-3)11(13)15-17-12/h7-9,14H,4-6H2,1-3H3,(H2,13,15). The maximum atomic E-state index is 5.75. The number of hydrogen-bond acceptors (Lipinski definition) is 5. The van der Waals surface area contributed by atoms with E-state index in [1.165, 1.54) is 30.8 Å². The van der Waals surface area contributed by atoms with Crippen molar-refractivity contribution in [2.24, 2.45) is 11.8 Å². The molecule has 2 rings (SSSR count). The minimum atomic E-state index is 0.483. The third-order valence-corrected chi connectivity index (χ3v) is 4.68. The molecule has 3 N–H and O–H groups in total. The molecule has 1 aliphatic rings. The van der Waals surface area contributed by atoms with Gasteiger partial charge in [-0.1, -0.05) is 26.7 Å². The van der Waals surface area contributed by atoms with Gasteiger partial charge in [0.05, 0.1) is 7.11 Å². The monoisotopic (exact) mass is 255 g/mol. The van der Waals surface area contributed by atoms with E-state index in [-0.39, 0.29) is 0 Å². The molecule has 0 aliphatic heterocycles. The van der Waals surface area contributed by atoms with Crippen molar-refractivity contribution in [2.45, 2.75) is 39.2 Å². The Morgan fingerprint density at radius 1 is 1.41 bits per heavy atom. The number of nitrogens with zero attached hydrogens (tertiary/aromatic N) is 1. The Balaban J connectivity index is 2.09. The summed E-state index contributed by atoms with van der Waals surface area (Å²) in [6.07, 6.45) is 3.84. The Labute approximate surface area is 107 Å². The van der Waals surface area contributed by atoms with Crippen LogP contribution in [0.4, 0.5) is 10.8 Å². The predicted octanol–water partition coefficient (Wildman–Crippen LogP) is 2.97. The highest BCUT2D eigenvalue weighted by atomic mass is 32.1. The van der Waals surface area contributed by atoms with E-state index in [0.29, 0.717) is 23.5 Å². The van der Waals surface area contributed by atoms with Gasteiger partial charge in [-0.3, -0.25) is 0 Å². The minimum Gasteiger partial charge on any atom is -0.490 e. The second kappa shape index (κ2) is 5.12. The summed E-state index contributed by atoms with van der Waals surface area (Å²) in [5, 5.41) is 4.52. The molecule has 1 aromatic rings. The SMILES string of the molecule is COc1c(N)nsc1NC1CCCC(C)C1C. The molecule has 1 saturated carbocycles. The number of rotatable bonds is 3. The molecular formula is C12H21N3OS. The van der Waals surface area contributed by atoms with Gasteiger partial charge in [-0.15, -0.1) is 0 Å². The van der Waals surface area contributed by atoms with Crippen molar-refractivity contribution < 1.29 is 4.74 Å². The van der Waals surface area contributed by atoms with E-state index in [1.807, 2.05) is 0 Å². The fourth-order valence-electron chi connectivity index (χ4n) is 2.54. The zero-order valence-electron chi connectivity index (χ0n) is 10.7. The summed E-state index contributed by atoms with van der Waals surface area (Å²) in [4.78, 5) is 0. The Hall–Kier alpha value is -0.970. The lowest BCUT2D eigenvalue weighted by Crippen LogP contribution is -2.34. The van der Waals surface area contributed by atoms with Crippen LogP contribution in [0.2, 0.25) is 0 Å². The first-order chi connectivity index (χ1) is 8.13. The van der Waals surface area contributed by atoms with Crippen LogP contribution in [-0.2, 0) is 0 Å². The van der Waals surface area contributed by atoms with Gasteiger partial charge in [0.1, 0.15) is 0 Å². The highest BCUT2D eigenvalue weighted by Gasteiger charge is 2.28. The van der Waals surface area contributed by atoms with E-state index < -0.39 is 0 Å². The van der Waals surface area contributed by atoms with Crippen molar-refractivity contribution >= 4 is 22.4 Å². The van der Waals surface area contributed by atoms with Crippen molar-refractivity contribution in [1.82, 2.24) is 4.37 Å². The molecular weight excluding hydrogens is 234 g/mol. The molecule has 17 heavy (non-hydrogen) atoms. The third-order valence-electron chi connectivity index (χ3n) is 3.90. The van der Waals surface area contributed by atoms with Crippen LogP contribution < -0.4 is 15.8 Å². The maximum absolute atomic E-state index is 5.75. The summed E-state index contributed by atoms with van der Waals surface area (Å²) in [6, 6.07) is 0.507. The highest BCUT2D eigenvalue weighted by Crippen LogP contribution is 2.38. The molecule has 3 unspecified atom stereocenters. The molecule has 0 aromatic carbocycles. The Kier molecular flexibility index (Phi) is 3.76. The van der Waals surface area contributed by atoms with Crippen molar-refractivity contribution in [3.05, 3.63) is 0 Å². The smallest absolute Gasteiger partial charge is 0.197 e. The summed E-state index contributed by atoms with van der Waals surface area (Å²) in [6.45, 7) is 4.65. The van der Waals surface area contributed by atoms with Gasteiger partial charge in [0.2, 0.25) is 0 Å². The fraction of sp³-hybridized carbons (Fsp3) is 0.750. The van der Waals surface area contributed by atoms with Gasteiger partial charge in [0.25, 0.3) is 0 Å². The zero-order chi connectivity index (χ0) is 12.4. The van der Waals surface area contributed by atoms with Crippen LogP contribution in [0.5, 0.6) is 5.75 Å². The lowest BCUT2D eigenvalue weighted by Gasteiger charge is -2.34. The topological polar surface area (TPSA) is 60.2 Å². The fourth-order valence-corrected chi connectivity index (χ4v) is 3.28. The van der Waals surface area contributed by atoms with Crippen molar-refractivity contribution in [1.29, 1.82) is 0 Å². The van der Waals surface area contributed by atoms with Gasteiger partial charge in [-0.2, -0.15) is 4.37 Å². The molecule has 0 radical (unpaired) electrons. The van der Waals surface area contributed by atoms with Crippen molar-refractivity contribution in [2.75, 3.05) is 18.2 Å². The predicted molar refractivity (Wildman–Crippen MR) is 72.7 cm³/mol. The first kappa shape index (κ1) is 12.5. The van der Waals surface area contributed by atoms with Gasteiger partial charge in [0.15, 0.2) is 16.6 Å². The van der Waals surface area contributed by atoms with E-state index in [1.54, 1.807) is 7.11 Å². The Morgan fingerprint density at radius 2 is 2.18 bits per heavy atom. The largest absolute Gasteiger partial charge is 0.490 e. The molecule has 0 spiro atoms.